The number of rotatable bonds is 4. The molecule has 0 unspecified atom stereocenters. The molecule has 10 heteroatoms. The molecule has 10 nitrogen and oxygen atoms in total. The molecule has 38 heavy (non-hydrogen) atoms. The molecule has 0 heterocycles. The van der Waals surface area contributed by atoms with Crippen molar-refractivity contribution < 1.29 is 39.6 Å². The smallest absolute Gasteiger partial charge is 0.255 e. The SMILES string of the molecule is CN(C)[C@@H]1C(O)=C(C(N)=O)C(=O)[C@@]2(O)C(O)=C3C(=O)c4c(O)ccc(-c5cccc(C=O)c5)c4C[C@H]3C[C@@H]12. The number of phenols is 1. The number of phenolic OH excluding ortho intramolecular Hbond substituents is 1. The average Bonchev–Trinajstić information content (AvgIpc) is 2.86. The lowest BCUT2D eigenvalue weighted by Gasteiger charge is -2.50. The van der Waals surface area contributed by atoms with Gasteiger partial charge in [-0.25, -0.2) is 0 Å². The summed E-state index contributed by atoms with van der Waals surface area (Å²) in [5, 5.41) is 44.5. The van der Waals surface area contributed by atoms with Gasteiger partial charge in [0.1, 0.15) is 29.1 Å². The van der Waals surface area contributed by atoms with E-state index in [0.717, 1.165) is 0 Å². The second kappa shape index (κ2) is 8.64. The number of primary amides is 1. The van der Waals surface area contributed by atoms with Gasteiger partial charge >= 0.3 is 0 Å². The molecule has 6 N–H and O–H groups in total. The molecule has 0 saturated heterocycles. The van der Waals surface area contributed by atoms with Gasteiger partial charge in [0.25, 0.3) is 5.91 Å². The van der Waals surface area contributed by atoms with Gasteiger partial charge in [0, 0.05) is 17.1 Å². The van der Waals surface area contributed by atoms with Crippen LogP contribution in [0.25, 0.3) is 11.1 Å². The molecule has 0 radical (unpaired) electrons. The molecule has 0 bridgehead atoms. The van der Waals surface area contributed by atoms with Crippen molar-refractivity contribution in [2.45, 2.75) is 24.5 Å². The van der Waals surface area contributed by atoms with E-state index >= 15 is 0 Å². The zero-order chi connectivity index (χ0) is 27.7. The molecule has 0 saturated carbocycles. The van der Waals surface area contributed by atoms with Crippen LogP contribution in [0, 0.1) is 11.8 Å². The molecule has 3 aliphatic rings. The Hall–Kier alpha value is -4.28. The maximum absolute atomic E-state index is 13.8. The number of likely N-dealkylation sites (N-methyl/N-ethyl adjacent to an activating group) is 1. The highest BCUT2D eigenvalue weighted by molar-refractivity contribution is 6.24. The standard InChI is InChI=1S/C28H26N2O8/c1-30(2)22-17-10-14-9-16-15(13-5-3-4-12(8-13)11-31)6-7-18(32)20(16)23(33)19(14)25(35)28(17,38)26(36)21(24(22)34)27(29)37/h3-8,11,14,17,22,32,34-35,38H,9-10H2,1-2H3,(H2,29,37)/t14-,17-,22-,28-/m0/s1. The summed E-state index contributed by atoms with van der Waals surface area (Å²) >= 11 is 0. The van der Waals surface area contributed by atoms with Crippen molar-refractivity contribution in [3.8, 4) is 16.9 Å². The third kappa shape index (κ3) is 3.34. The molecule has 2 aromatic rings. The highest BCUT2D eigenvalue weighted by atomic mass is 16.3. The van der Waals surface area contributed by atoms with Crippen molar-refractivity contribution in [3.05, 3.63) is 75.8 Å². The average molecular weight is 519 g/mol. The van der Waals surface area contributed by atoms with Crippen molar-refractivity contribution >= 4 is 23.8 Å². The Morgan fingerprint density at radius 3 is 2.47 bits per heavy atom. The van der Waals surface area contributed by atoms with E-state index in [1.54, 1.807) is 44.4 Å². The molecule has 196 valence electrons. The van der Waals surface area contributed by atoms with Crippen molar-refractivity contribution in [2.75, 3.05) is 14.1 Å². The number of allylic oxidation sites excluding steroid dienone is 1. The summed E-state index contributed by atoms with van der Waals surface area (Å²) in [7, 11) is 3.15. The number of aromatic hydroxyl groups is 1. The van der Waals surface area contributed by atoms with Gasteiger partial charge in [-0.2, -0.15) is 0 Å². The Morgan fingerprint density at radius 2 is 1.84 bits per heavy atom. The second-order valence-corrected chi connectivity index (χ2v) is 10.2. The van der Waals surface area contributed by atoms with E-state index in [1.165, 1.54) is 11.0 Å². The fourth-order valence-electron chi connectivity index (χ4n) is 6.30. The third-order valence-corrected chi connectivity index (χ3v) is 7.94. The van der Waals surface area contributed by atoms with Crippen LogP contribution >= 0.6 is 0 Å². The Balaban J connectivity index is 1.73. The third-order valence-electron chi connectivity index (χ3n) is 7.94. The predicted molar refractivity (Wildman–Crippen MR) is 134 cm³/mol. The van der Waals surface area contributed by atoms with E-state index in [1.807, 2.05) is 0 Å². The highest BCUT2D eigenvalue weighted by Gasteiger charge is 2.63. The number of amides is 1. The van der Waals surface area contributed by atoms with Gasteiger partial charge in [-0.3, -0.25) is 24.1 Å². The van der Waals surface area contributed by atoms with Crippen LogP contribution < -0.4 is 5.73 Å². The topological polar surface area (TPSA) is 178 Å². The van der Waals surface area contributed by atoms with E-state index in [9.17, 15) is 39.6 Å². The predicted octanol–water partition coefficient (Wildman–Crippen LogP) is 1.60. The summed E-state index contributed by atoms with van der Waals surface area (Å²) in [6, 6.07) is 8.66. The highest BCUT2D eigenvalue weighted by Crippen LogP contribution is 2.53. The van der Waals surface area contributed by atoms with E-state index in [0.29, 0.717) is 28.5 Å². The zero-order valence-corrected chi connectivity index (χ0v) is 20.6. The van der Waals surface area contributed by atoms with Gasteiger partial charge in [0.15, 0.2) is 11.4 Å². The first-order valence-corrected chi connectivity index (χ1v) is 12.0. The number of fused-ring (bicyclic) bond motifs is 3. The molecule has 3 aliphatic carbocycles. The molecule has 0 aromatic heterocycles. The van der Waals surface area contributed by atoms with Gasteiger partial charge in [0.2, 0.25) is 5.78 Å². The van der Waals surface area contributed by atoms with Gasteiger partial charge in [-0.1, -0.05) is 24.3 Å². The molecular weight excluding hydrogens is 492 g/mol. The van der Waals surface area contributed by atoms with Crippen LogP contribution in [-0.4, -0.2) is 74.8 Å². The summed E-state index contributed by atoms with van der Waals surface area (Å²) in [4.78, 5) is 52.0. The Labute approximate surface area is 217 Å². The summed E-state index contributed by atoms with van der Waals surface area (Å²) in [5.41, 5.74) is 3.68. The minimum Gasteiger partial charge on any atom is -0.510 e. The number of nitrogens with zero attached hydrogens (tertiary/aromatic N) is 1. The number of ketones is 2. The minimum atomic E-state index is -2.68. The maximum atomic E-state index is 13.8. The summed E-state index contributed by atoms with van der Waals surface area (Å²) in [6.45, 7) is 0. The van der Waals surface area contributed by atoms with Crippen molar-refractivity contribution in [2.24, 2.45) is 17.6 Å². The van der Waals surface area contributed by atoms with E-state index < -0.39 is 58.0 Å². The van der Waals surface area contributed by atoms with Crippen molar-refractivity contribution in [3.63, 3.8) is 0 Å². The van der Waals surface area contributed by atoms with Crippen LogP contribution in [0.5, 0.6) is 5.75 Å². The molecule has 2 aromatic carbocycles. The number of carbonyl (C=O) groups excluding carboxylic acids is 4. The lowest BCUT2D eigenvalue weighted by atomic mass is 9.58. The van der Waals surface area contributed by atoms with Crippen LogP contribution in [0.15, 0.2) is 59.1 Å². The molecule has 0 fully saturated rings. The largest absolute Gasteiger partial charge is 0.510 e. The van der Waals surface area contributed by atoms with Gasteiger partial charge in [-0.05, 0) is 61.7 Å². The number of aldehydes is 1. The summed E-state index contributed by atoms with van der Waals surface area (Å²) in [6.07, 6.45) is 0.850. The van der Waals surface area contributed by atoms with Gasteiger partial charge in [-0.15, -0.1) is 0 Å². The number of aliphatic hydroxyl groups is 3. The van der Waals surface area contributed by atoms with Crippen LogP contribution in [-0.2, 0) is 16.0 Å². The normalized spacial score (nSPS) is 26.7. The Bertz CT molecular complexity index is 1500. The first kappa shape index (κ1) is 25.4. The quantitative estimate of drug-likeness (QED) is 0.297. The van der Waals surface area contributed by atoms with Crippen LogP contribution in [0.3, 0.4) is 0 Å². The molecular formula is C28H26N2O8. The Morgan fingerprint density at radius 1 is 1.13 bits per heavy atom. The second-order valence-electron chi connectivity index (χ2n) is 10.2. The van der Waals surface area contributed by atoms with Crippen LogP contribution in [0.1, 0.15) is 32.7 Å². The molecule has 0 spiro atoms. The van der Waals surface area contributed by atoms with Crippen LogP contribution in [0.2, 0.25) is 0 Å². The number of carbonyl (C=O) groups is 4. The number of nitrogens with two attached hydrogens (primary N) is 1. The van der Waals surface area contributed by atoms with Gasteiger partial charge in [0.05, 0.1) is 11.6 Å². The lowest BCUT2D eigenvalue weighted by molar-refractivity contribution is -0.148. The van der Waals surface area contributed by atoms with Gasteiger partial charge < -0.3 is 26.2 Å². The zero-order valence-electron chi connectivity index (χ0n) is 20.6. The number of Topliss-reactive ketones (excluding diaryl/α,β-unsaturated/α-hetero) is 2. The monoisotopic (exact) mass is 518 g/mol. The number of benzene rings is 2. The number of hydrogen-bond acceptors (Lipinski definition) is 9. The van der Waals surface area contributed by atoms with Crippen LogP contribution in [0.4, 0.5) is 0 Å². The van der Waals surface area contributed by atoms with E-state index in [-0.39, 0.29) is 29.7 Å². The molecule has 4 atom stereocenters. The number of hydrogen-bond donors (Lipinski definition) is 5. The first-order valence-electron chi connectivity index (χ1n) is 12.0. The maximum Gasteiger partial charge on any atom is 0.255 e. The lowest BCUT2D eigenvalue weighted by Crippen LogP contribution is -2.63. The summed E-state index contributed by atoms with van der Waals surface area (Å²) < 4.78 is 0. The fourth-order valence-corrected chi connectivity index (χ4v) is 6.30. The number of aliphatic hydroxyl groups excluding tert-OH is 2. The fraction of sp³-hybridized carbons (Fsp3) is 0.286. The van der Waals surface area contributed by atoms with Crippen molar-refractivity contribution in [1.82, 2.24) is 4.90 Å². The van der Waals surface area contributed by atoms with E-state index in [4.69, 9.17) is 5.73 Å². The summed E-state index contributed by atoms with van der Waals surface area (Å²) in [5.74, 6) is -6.98. The molecule has 1 amide bonds. The van der Waals surface area contributed by atoms with E-state index in [2.05, 4.69) is 0 Å². The minimum absolute atomic E-state index is 0.00473. The first-order chi connectivity index (χ1) is 17.9. The molecule has 0 aliphatic heterocycles. The Kier molecular flexibility index (Phi) is 5.77. The van der Waals surface area contributed by atoms with Crippen molar-refractivity contribution in [1.29, 1.82) is 0 Å². The molecule has 5 rings (SSSR count).